The smallest absolute Gasteiger partial charge is 0.224 e. The summed E-state index contributed by atoms with van der Waals surface area (Å²) in [5.74, 6) is 0.263. The normalized spacial score (nSPS) is 20.2. The first kappa shape index (κ1) is 15.2. The van der Waals surface area contributed by atoms with Gasteiger partial charge in [0.25, 0.3) is 0 Å². The van der Waals surface area contributed by atoms with Gasteiger partial charge in [0.2, 0.25) is 5.91 Å². The molecule has 4 rings (SSSR count). The lowest BCUT2D eigenvalue weighted by Crippen LogP contribution is -2.40. The summed E-state index contributed by atoms with van der Waals surface area (Å²) >= 11 is 0. The van der Waals surface area contributed by atoms with Crippen LogP contribution in [0.15, 0.2) is 36.5 Å². The third kappa shape index (κ3) is 2.90. The molecular formula is C19H24N4O. The average molecular weight is 324 g/mol. The van der Waals surface area contributed by atoms with Crippen molar-refractivity contribution < 1.29 is 4.79 Å². The van der Waals surface area contributed by atoms with Crippen LogP contribution in [-0.4, -0.2) is 40.6 Å². The molecule has 1 atom stereocenters. The van der Waals surface area contributed by atoms with Crippen molar-refractivity contribution in [1.82, 2.24) is 15.1 Å². The number of likely N-dealkylation sites (tertiary alicyclic amines) is 1. The highest BCUT2D eigenvalue weighted by Crippen LogP contribution is 2.31. The number of nitrogens with one attached hydrogen (secondary N) is 1. The highest BCUT2D eigenvalue weighted by atomic mass is 16.2. The van der Waals surface area contributed by atoms with Crippen LogP contribution in [0.25, 0.3) is 0 Å². The van der Waals surface area contributed by atoms with Gasteiger partial charge < -0.3 is 9.80 Å². The number of fused-ring (bicyclic) bond motifs is 1. The van der Waals surface area contributed by atoms with E-state index in [1.54, 1.807) is 6.20 Å². The molecule has 1 aromatic heterocycles. The van der Waals surface area contributed by atoms with Crippen molar-refractivity contribution in [2.45, 2.75) is 38.1 Å². The minimum absolute atomic E-state index is 0.166. The largest absolute Gasteiger partial charge is 0.370 e. The van der Waals surface area contributed by atoms with Crippen molar-refractivity contribution in [3.05, 3.63) is 47.8 Å². The number of carbonyl (C=O) groups is 1. The van der Waals surface area contributed by atoms with Gasteiger partial charge in [0.15, 0.2) is 0 Å². The summed E-state index contributed by atoms with van der Waals surface area (Å²) in [6.07, 6.45) is 6.74. The van der Waals surface area contributed by atoms with Crippen molar-refractivity contribution in [1.29, 1.82) is 0 Å². The molecule has 5 heteroatoms. The molecule has 1 saturated heterocycles. The van der Waals surface area contributed by atoms with E-state index in [0.717, 1.165) is 44.6 Å². The molecule has 2 aliphatic rings. The van der Waals surface area contributed by atoms with Crippen LogP contribution >= 0.6 is 0 Å². The zero-order chi connectivity index (χ0) is 16.4. The molecule has 0 radical (unpaired) electrons. The molecule has 1 N–H and O–H groups in total. The van der Waals surface area contributed by atoms with Gasteiger partial charge in [-0.15, -0.1) is 0 Å². The van der Waals surface area contributed by atoms with Gasteiger partial charge in [-0.05, 0) is 43.4 Å². The van der Waals surface area contributed by atoms with Gasteiger partial charge in [-0.3, -0.25) is 9.89 Å². The standard InChI is InChI=1S/C19H24N4O/c24-19(10-14-22-13-9-15-5-1-2-6-17(15)22)23-12-4-3-7-18(23)16-8-11-20-21-16/h1-2,5-6,8,11,18H,3-4,7,9-10,12-14H2,(H,20,21)/t18-/m0/s1. The average Bonchev–Trinajstić information content (AvgIpc) is 3.30. The molecule has 1 fully saturated rings. The molecule has 0 saturated carbocycles. The molecule has 2 aromatic rings. The first-order chi connectivity index (χ1) is 11.8. The summed E-state index contributed by atoms with van der Waals surface area (Å²) in [5.41, 5.74) is 3.77. The Bertz CT molecular complexity index is 697. The Hall–Kier alpha value is -2.30. The third-order valence-corrected chi connectivity index (χ3v) is 5.28. The minimum atomic E-state index is 0.166. The monoisotopic (exact) mass is 324 g/mol. The van der Waals surface area contributed by atoms with Crippen molar-refractivity contribution in [2.75, 3.05) is 24.5 Å². The number of aromatic nitrogens is 2. The zero-order valence-electron chi connectivity index (χ0n) is 13.9. The summed E-state index contributed by atoms with van der Waals surface area (Å²) in [5, 5.41) is 7.10. The molecular weight excluding hydrogens is 300 g/mol. The lowest BCUT2D eigenvalue weighted by Gasteiger charge is -2.35. The number of anilines is 1. The van der Waals surface area contributed by atoms with Crippen molar-refractivity contribution in [3.63, 3.8) is 0 Å². The van der Waals surface area contributed by atoms with Gasteiger partial charge in [0.1, 0.15) is 0 Å². The Morgan fingerprint density at radius 2 is 2.12 bits per heavy atom. The van der Waals surface area contributed by atoms with Gasteiger partial charge in [0.05, 0.1) is 11.7 Å². The number of hydrogen-bond donors (Lipinski definition) is 1. The number of piperidine rings is 1. The maximum Gasteiger partial charge on any atom is 0.224 e. The van der Waals surface area contributed by atoms with Gasteiger partial charge in [-0.1, -0.05) is 18.2 Å². The molecule has 1 amide bonds. The topological polar surface area (TPSA) is 52.2 Å². The van der Waals surface area contributed by atoms with Crippen LogP contribution in [-0.2, 0) is 11.2 Å². The second-order valence-electron chi connectivity index (χ2n) is 6.73. The van der Waals surface area contributed by atoms with Gasteiger partial charge in [-0.2, -0.15) is 5.10 Å². The number of aromatic amines is 1. The lowest BCUT2D eigenvalue weighted by atomic mass is 9.99. The number of para-hydroxylation sites is 1. The number of hydrogen-bond acceptors (Lipinski definition) is 3. The van der Waals surface area contributed by atoms with Gasteiger partial charge in [-0.25, -0.2) is 0 Å². The Morgan fingerprint density at radius 1 is 1.21 bits per heavy atom. The highest BCUT2D eigenvalue weighted by molar-refractivity contribution is 5.77. The van der Waals surface area contributed by atoms with Gasteiger partial charge >= 0.3 is 0 Å². The van der Waals surface area contributed by atoms with E-state index >= 15 is 0 Å². The molecule has 126 valence electrons. The fourth-order valence-corrected chi connectivity index (χ4v) is 4.02. The summed E-state index contributed by atoms with van der Waals surface area (Å²) in [6, 6.07) is 10.7. The number of H-pyrrole nitrogens is 1. The molecule has 24 heavy (non-hydrogen) atoms. The lowest BCUT2D eigenvalue weighted by molar-refractivity contribution is -0.135. The predicted molar refractivity (Wildman–Crippen MR) is 93.9 cm³/mol. The Morgan fingerprint density at radius 3 is 3.00 bits per heavy atom. The number of rotatable bonds is 4. The van der Waals surface area contributed by atoms with E-state index < -0.39 is 0 Å². The molecule has 5 nitrogen and oxygen atoms in total. The molecule has 0 spiro atoms. The Labute approximate surface area is 142 Å². The molecule has 0 aliphatic carbocycles. The number of nitrogens with zero attached hydrogens (tertiary/aromatic N) is 3. The second-order valence-corrected chi connectivity index (χ2v) is 6.73. The maximum absolute atomic E-state index is 12.8. The number of amides is 1. The van der Waals surface area contributed by atoms with E-state index in [1.165, 1.54) is 17.7 Å². The first-order valence-corrected chi connectivity index (χ1v) is 8.94. The van der Waals surface area contributed by atoms with E-state index in [1.807, 2.05) is 6.07 Å². The summed E-state index contributed by atoms with van der Waals surface area (Å²) in [7, 11) is 0. The predicted octanol–water partition coefficient (Wildman–Crippen LogP) is 2.92. The fourth-order valence-electron chi connectivity index (χ4n) is 4.02. The SMILES string of the molecule is O=C(CCN1CCc2ccccc21)N1CCCC[C@H]1c1ccn[nH]1. The van der Waals surface area contributed by atoms with Crippen LogP contribution in [0.2, 0.25) is 0 Å². The molecule has 2 aliphatic heterocycles. The zero-order valence-corrected chi connectivity index (χ0v) is 13.9. The summed E-state index contributed by atoms with van der Waals surface area (Å²) in [4.78, 5) is 17.2. The van der Waals surface area contributed by atoms with Gasteiger partial charge in [0, 0.05) is 37.9 Å². The van der Waals surface area contributed by atoms with E-state index in [0.29, 0.717) is 6.42 Å². The Balaban J connectivity index is 1.40. The van der Waals surface area contributed by atoms with Crippen LogP contribution < -0.4 is 4.90 Å². The van der Waals surface area contributed by atoms with Crippen molar-refractivity contribution in [2.24, 2.45) is 0 Å². The number of carbonyl (C=O) groups excluding carboxylic acids is 1. The van der Waals surface area contributed by atoms with E-state index in [9.17, 15) is 4.79 Å². The second kappa shape index (κ2) is 6.67. The van der Waals surface area contributed by atoms with E-state index in [4.69, 9.17) is 0 Å². The minimum Gasteiger partial charge on any atom is -0.370 e. The van der Waals surface area contributed by atoms with Crippen LogP contribution in [0, 0.1) is 0 Å². The summed E-state index contributed by atoms with van der Waals surface area (Å²) < 4.78 is 0. The van der Waals surface area contributed by atoms with Crippen molar-refractivity contribution >= 4 is 11.6 Å². The van der Waals surface area contributed by atoms with Crippen LogP contribution in [0.1, 0.15) is 43.0 Å². The highest BCUT2D eigenvalue weighted by Gasteiger charge is 2.29. The van der Waals surface area contributed by atoms with Crippen LogP contribution in [0.5, 0.6) is 0 Å². The molecule has 1 aromatic carbocycles. The molecule has 0 unspecified atom stereocenters. The Kier molecular flexibility index (Phi) is 4.24. The number of benzene rings is 1. The van der Waals surface area contributed by atoms with Crippen LogP contribution in [0.4, 0.5) is 5.69 Å². The molecule has 0 bridgehead atoms. The van der Waals surface area contributed by atoms with E-state index in [-0.39, 0.29) is 11.9 Å². The molecule has 3 heterocycles. The first-order valence-electron chi connectivity index (χ1n) is 8.94. The third-order valence-electron chi connectivity index (χ3n) is 5.28. The fraction of sp³-hybridized carbons (Fsp3) is 0.474. The van der Waals surface area contributed by atoms with E-state index in [2.05, 4.69) is 44.3 Å². The van der Waals surface area contributed by atoms with Crippen LogP contribution in [0.3, 0.4) is 0 Å². The quantitative estimate of drug-likeness (QED) is 0.941. The summed E-state index contributed by atoms with van der Waals surface area (Å²) in [6.45, 7) is 2.69. The maximum atomic E-state index is 12.8. The van der Waals surface area contributed by atoms with Crippen molar-refractivity contribution in [3.8, 4) is 0 Å².